The van der Waals surface area contributed by atoms with Gasteiger partial charge in [0.15, 0.2) is 0 Å². The average Bonchev–Trinajstić information content (AvgIpc) is 2.18. The molecule has 16 heavy (non-hydrogen) atoms. The maximum absolute atomic E-state index is 11.2. The molecule has 0 amide bonds. The summed E-state index contributed by atoms with van der Waals surface area (Å²) in [5, 5.41) is 9.87. The molecule has 0 aromatic heterocycles. The molecule has 0 bridgehead atoms. The lowest BCUT2D eigenvalue weighted by Crippen LogP contribution is -2.29. The molecule has 1 aromatic carbocycles. The van der Waals surface area contributed by atoms with Crippen LogP contribution in [0, 0.1) is 0 Å². The number of carboxylic acid groups (broad SMARTS) is 1. The zero-order valence-electron chi connectivity index (χ0n) is 9.46. The number of benzene rings is 1. The standard InChI is InChI=1S/C13H15ClO2/c1-13(2)6-5-10(12(15)16)9-4-3-8(14)7-11(9)13/h3-4,7,10H,5-6H2,1-2H3,(H,15,16). The highest BCUT2D eigenvalue weighted by molar-refractivity contribution is 6.30. The zero-order chi connectivity index (χ0) is 11.9. The molecule has 1 unspecified atom stereocenters. The molecule has 2 rings (SSSR count). The van der Waals surface area contributed by atoms with Crippen LogP contribution in [0.15, 0.2) is 18.2 Å². The van der Waals surface area contributed by atoms with Crippen LogP contribution in [-0.2, 0) is 10.2 Å². The quantitative estimate of drug-likeness (QED) is 0.812. The van der Waals surface area contributed by atoms with Crippen molar-refractivity contribution in [2.75, 3.05) is 0 Å². The average molecular weight is 239 g/mol. The molecule has 0 saturated heterocycles. The number of halogens is 1. The molecular formula is C13H15ClO2. The molecule has 0 radical (unpaired) electrons. The lowest BCUT2D eigenvalue weighted by atomic mass is 9.69. The molecule has 0 fully saturated rings. The van der Waals surface area contributed by atoms with E-state index in [0.717, 1.165) is 17.5 Å². The van der Waals surface area contributed by atoms with Crippen LogP contribution in [0.25, 0.3) is 0 Å². The summed E-state index contributed by atoms with van der Waals surface area (Å²) in [5.41, 5.74) is 2.03. The second-order valence-electron chi connectivity index (χ2n) is 5.04. The molecule has 1 aliphatic carbocycles. The summed E-state index contributed by atoms with van der Waals surface area (Å²) in [6.45, 7) is 4.28. The lowest BCUT2D eigenvalue weighted by Gasteiger charge is -2.35. The van der Waals surface area contributed by atoms with Crippen LogP contribution in [0.5, 0.6) is 0 Å². The number of carboxylic acids is 1. The minimum absolute atomic E-state index is 0.0200. The number of aliphatic carboxylic acids is 1. The molecule has 0 heterocycles. The topological polar surface area (TPSA) is 37.3 Å². The first-order chi connectivity index (χ1) is 7.42. The first-order valence-corrected chi connectivity index (χ1v) is 5.82. The molecule has 1 N–H and O–H groups in total. The Morgan fingerprint density at radius 3 is 2.81 bits per heavy atom. The third-order valence-electron chi connectivity index (χ3n) is 3.48. The summed E-state index contributed by atoms with van der Waals surface area (Å²) in [4.78, 5) is 11.2. The number of fused-ring (bicyclic) bond motifs is 1. The highest BCUT2D eigenvalue weighted by atomic mass is 35.5. The Hall–Kier alpha value is -1.02. The van der Waals surface area contributed by atoms with Crippen molar-refractivity contribution in [3.8, 4) is 0 Å². The predicted octanol–water partition coefficient (Wildman–Crippen LogP) is 3.58. The van der Waals surface area contributed by atoms with Gasteiger partial charge in [0.25, 0.3) is 0 Å². The molecule has 86 valence electrons. The van der Waals surface area contributed by atoms with E-state index >= 15 is 0 Å². The Kier molecular flexibility index (Phi) is 2.70. The Bertz CT molecular complexity index is 438. The van der Waals surface area contributed by atoms with Crippen molar-refractivity contribution >= 4 is 17.6 Å². The van der Waals surface area contributed by atoms with Crippen LogP contribution >= 0.6 is 11.6 Å². The van der Waals surface area contributed by atoms with Gasteiger partial charge >= 0.3 is 5.97 Å². The fraction of sp³-hybridized carbons (Fsp3) is 0.462. The van der Waals surface area contributed by atoms with Gasteiger partial charge in [0.05, 0.1) is 5.92 Å². The van der Waals surface area contributed by atoms with Crippen LogP contribution in [0.2, 0.25) is 5.02 Å². The predicted molar refractivity (Wildman–Crippen MR) is 64.1 cm³/mol. The Balaban J connectivity index is 2.57. The number of hydrogen-bond donors (Lipinski definition) is 1. The van der Waals surface area contributed by atoms with Gasteiger partial charge in [0.2, 0.25) is 0 Å². The summed E-state index contributed by atoms with van der Waals surface area (Å²) < 4.78 is 0. The van der Waals surface area contributed by atoms with Gasteiger partial charge in [-0.1, -0.05) is 31.5 Å². The largest absolute Gasteiger partial charge is 0.481 e. The molecule has 1 atom stereocenters. The second kappa shape index (κ2) is 3.77. The molecule has 0 aliphatic heterocycles. The maximum atomic E-state index is 11.2. The molecule has 1 aromatic rings. The normalized spacial score (nSPS) is 22.6. The van der Waals surface area contributed by atoms with E-state index < -0.39 is 5.97 Å². The Labute approximate surface area is 100 Å². The summed E-state index contributed by atoms with van der Waals surface area (Å²) in [6.07, 6.45) is 1.59. The van der Waals surface area contributed by atoms with E-state index in [9.17, 15) is 9.90 Å². The van der Waals surface area contributed by atoms with Gasteiger partial charge in [-0.25, -0.2) is 0 Å². The van der Waals surface area contributed by atoms with Crippen LogP contribution in [0.4, 0.5) is 0 Å². The SMILES string of the molecule is CC1(C)CCC(C(=O)O)c2ccc(Cl)cc21. The van der Waals surface area contributed by atoms with Crippen molar-refractivity contribution in [3.05, 3.63) is 34.3 Å². The highest BCUT2D eigenvalue weighted by Gasteiger charge is 2.35. The summed E-state index contributed by atoms with van der Waals surface area (Å²) in [5.74, 6) is -1.11. The Morgan fingerprint density at radius 1 is 1.50 bits per heavy atom. The number of hydrogen-bond acceptors (Lipinski definition) is 1. The molecule has 0 spiro atoms. The molecule has 3 heteroatoms. The van der Waals surface area contributed by atoms with E-state index in [4.69, 9.17) is 11.6 Å². The van der Waals surface area contributed by atoms with Crippen molar-refractivity contribution in [3.63, 3.8) is 0 Å². The van der Waals surface area contributed by atoms with E-state index in [1.54, 1.807) is 6.07 Å². The molecule has 0 saturated carbocycles. The van der Waals surface area contributed by atoms with Crippen LogP contribution < -0.4 is 0 Å². The van der Waals surface area contributed by atoms with Crippen molar-refractivity contribution in [2.24, 2.45) is 0 Å². The minimum atomic E-state index is -0.737. The summed E-state index contributed by atoms with van der Waals surface area (Å²) >= 11 is 5.98. The summed E-state index contributed by atoms with van der Waals surface area (Å²) in [6, 6.07) is 5.54. The number of rotatable bonds is 1. The van der Waals surface area contributed by atoms with Crippen LogP contribution in [-0.4, -0.2) is 11.1 Å². The number of carbonyl (C=O) groups is 1. The molecular weight excluding hydrogens is 224 g/mol. The third-order valence-corrected chi connectivity index (χ3v) is 3.71. The van der Waals surface area contributed by atoms with E-state index in [2.05, 4.69) is 13.8 Å². The Morgan fingerprint density at radius 2 is 2.19 bits per heavy atom. The van der Waals surface area contributed by atoms with Gasteiger partial charge in [-0.05, 0) is 41.5 Å². The first kappa shape index (κ1) is 11.5. The van der Waals surface area contributed by atoms with Gasteiger partial charge in [-0.2, -0.15) is 0 Å². The van der Waals surface area contributed by atoms with E-state index in [1.165, 1.54) is 0 Å². The van der Waals surface area contributed by atoms with Crippen molar-refractivity contribution < 1.29 is 9.90 Å². The van der Waals surface area contributed by atoms with Crippen molar-refractivity contribution in [2.45, 2.75) is 38.0 Å². The smallest absolute Gasteiger partial charge is 0.310 e. The van der Waals surface area contributed by atoms with Gasteiger partial charge in [0.1, 0.15) is 0 Å². The fourth-order valence-corrected chi connectivity index (χ4v) is 2.64. The fourth-order valence-electron chi connectivity index (χ4n) is 2.47. The second-order valence-corrected chi connectivity index (χ2v) is 5.48. The van der Waals surface area contributed by atoms with Gasteiger partial charge in [-0.15, -0.1) is 0 Å². The van der Waals surface area contributed by atoms with Gasteiger partial charge < -0.3 is 5.11 Å². The van der Waals surface area contributed by atoms with Gasteiger partial charge in [-0.3, -0.25) is 4.79 Å². The van der Waals surface area contributed by atoms with E-state index in [1.807, 2.05) is 12.1 Å². The monoisotopic (exact) mass is 238 g/mol. The first-order valence-electron chi connectivity index (χ1n) is 5.44. The van der Waals surface area contributed by atoms with E-state index in [-0.39, 0.29) is 11.3 Å². The van der Waals surface area contributed by atoms with Crippen LogP contribution in [0.3, 0.4) is 0 Å². The van der Waals surface area contributed by atoms with Gasteiger partial charge in [0, 0.05) is 5.02 Å². The van der Waals surface area contributed by atoms with Crippen molar-refractivity contribution in [1.82, 2.24) is 0 Å². The summed E-state index contributed by atoms with van der Waals surface area (Å²) in [7, 11) is 0. The molecule has 2 nitrogen and oxygen atoms in total. The van der Waals surface area contributed by atoms with E-state index in [0.29, 0.717) is 11.4 Å². The highest BCUT2D eigenvalue weighted by Crippen LogP contribution is 2.43. The molecule has 1 aliphatic rings. The minimum Gasteiger partial charge on any atom is -0.481 e. The van der Waals surface area contributed by atoms with Crippen LogP contribution in [0.1, 0.15) is 43.7 Å². The lowest BCUT2D eigenvalue weighted by molar-refractivity contribution is -0.139. The van der Waals surface area contributed by atoms with Crippen molar-refractivity contribution in [1.29, 1.82) is 0 Å². The third kappa shape index (κ3) is 1.82. The zero-order valence-corrected chi connectivity index (χ0v) is 10.2. The maximum Gasteiger partial charge on any atom is 0.310 e.